The summed E-state index contributed by atoms with van der Waals surface area (Å²) in [7, 11) is 0. The quantitative estimate of drug-likeness (QED) is 0.883. The Labute approximate surface area is 100 Å². The lowest BCUT2D eigenvalue weighted by Crippen LogP contribution is -2.17. The van der Waals surface area contributed by atoms with Crippen molar-refractivity contribution in [3.05, 3.63) is 47.5 Å². The van der Waals surface area contributed by atoms with E-state index in [2.05, 4.69) is 0 Å². The average molecular weight is 233 g/mol. The van der Waals surface area contributed by atoms with Crippen LogP contribution < -0.4 is 5.73 Å². The van der Waals surface area contributed by atoms with E-state index in [1.807, 2.05) is 19.1 Å². The molecule has 0 fully saturated rings. The molecule has 0 aliphatic heterocycles. The Morgan fingerprint density at radius 3 is 2.71 bits per heavy atom. The minimum absolute atomic E-state index is 0.0731. The highest BCUT2D eigenvalue weighted by molar-refractivity contribution is 5.58. The Kier molecular flexibility index (Phi) is 3.29. The molecule has 0 radical (unpaired) electrons. The first-order chi connectivity index (χ1) is 8.06. The van der Waals surface area contributed by atoms with Gasteiger partial charge in [-0.3, -0.25) is 0 Å². The highest BCUT2D eigenvalue weighted by atomic mass is 19.1. The van der Waals surface area contributed by atoms with Crippen LogP contribution in [0.4, 0.5) is 4.39 Å². The smallest absolute Gasteiger partial charge is 0.134 e. The van der Waals surface area contributed by atoms with Crippen molar-refractivity contribution in [1.29, 1.82) is 0 Å². The second-order valence-electron chi connectivity index (χ2n) is 4.41. The molecule has 1 aromatic carbocycles. The van der Waals surface area contributed by atoms with Gasteiger partial charge in [-0.05, 0) is 49.7 Å². The first-order valence-corrected chi connectivity index (χ1v) is 5.67. The van der Waals surface area contributed by atoms with Crippen molar-refractivity contribution >= 4 is 0 Å². The fraction of sp³-hybridized carbons (Fsp3) is 0.286. The molecule has 90 valence electrons. The van der Waals surface area contributed by atoms with Crippen molar-refractivity contribution < 1.29 is 8.81 Å². The molecule has 1 aromatic heterocycles. The van der Waals surface area contributed by atoms with Crippen LogP contribution in [0.25, 0.3) is 11.3 Å². The van der Waals surface area contributed by atoms with Gasteiger partial charge in [-0.2, -0.15) is 0 Å². The van der Waals surface area contributed by atoms with E-state index in [-0.39, 0.29) is 11.9 Å². The van der Waals surface area contributed by atoms with Crippen molar-refractivity contribution in [3.63, 3.8) is 0 Å². The average Bonchev–Trinajstić information content (AvgIpc) is 2.69. The molecule has 0 saturated carbocycles. The molecule has 0 bridgehead atoms. The molecule has 1 heterocycles. The third-order valence-electron chi connectivity index (χ3n) is 2.63. The molecule has 0 spiro atoms. The van der Waals surface area contributed by atoms with Gasteiger partial charge >= 0.3 is 0 Å². The van der Waals surface area contributed by atoms with Crippen LogP contribution in [-0.2, 0) is 6.42 Å². The molecule has 0 saturated heterocycles. The van der Waals surface area contributed by atoms with Crippen molar-refractivity contribution in [1.82, 2.24) is 0 Å². The van der Waals surface area contributed by atoms with Gasteiger partial charge in [0.1, 0.15) is 17.3 Å². The SMILES string of the molecule is Cc1cc(-c2ccc(CC(C)N)o2)ccc1F. The molecule has 17 heavy (non-hydrogen) atoms. The maximum atomic E-state index is 13.1. The van der Waals surface area contributed by atoms with Gasteiger partial charge < -0.3 is 10.2 Å². The summed E-state index contributed by atoms with van der Waals surface area (Å²) in [5.41, 5.74) is 7.21. The maximum Gasteiger partial charge on any atom is 0.134 e. The fourth-order valence-electron chi connectivity index (χ4n) is 1.76. The molecule has 0 aliphatic rings. The number of furan rings is 1. The summed E-state index contributed by atoms with van der Waals surface area (Å²) in [6, 6.07) is 8.84. The van der Waals surface area contributed by atoms with E-state index in [0.717, 1.165) is 17.1 Å². The summed E-state index contributed by atoms with van der Waals surface area (Å²) >= 11 is 0. The van der Waals surface area contributed by atoms with E-state index >= 15 is 0 Å². The monoisotopic (exact) mass is 233 g/mol. The van der Waals surface area contributed by atoms with Crippen LogP contribution in [0.2, 0.25) is 0 Å². The van der Waals surface area contributed by atoms with Gasteiger partial charge in [0.05, 0.1) is 0 Å². The fourth-order valence-corrected chi connectivity index (χ4v) is 1.76. The van der Waals surface area contributed by atoms with Crippen LogP contribution in [0.15, 0.2) is 34.7 Å². The van der Waals surface area contributed by atoms with Gasteiger partial charge in [0.15, 0.2) is 0 Å². The van der Waals surface area contributed by atoms with Crippen molar-refractivity contribution in [2.24, 2.45) is 5.73 Å². The first-order valence-electron chi connectivity index (χ1n) is 5.67. The molecule has 1 atom stereocenters. The van der Waals surface area contributed by atoms with Crippen LogP contribution >= 0.6 is 0 Å². The molecule has 2 N–H and O–H groups in total. The van der Waals surface area contributed by atoms with E-state index in [9.17, 15) is 4.39 Å². The summed E-state index contributed by atoms with van der Waals surface area (Å²) in [6.07, 6.45) is 0.709. The molecular formula is C14H16FNO. The summed E-state index contributed by atoms with van der Waals surface area (Å²) in [4.78, 5) is 0. The second-order valence-corrected chi connectivity index (χ2v) is 4.41. The topological polar surface area (TPSA) is 39.2 Å². The summed E-state index contributed by atoms with van der Waals surface area (Å²) in [5.74, 6) is 1.41. The molecule has 0 amide bonds. The van der Waals surface area contributed by atoms with Crippen molar-refractivity contribution in [2.45, 2.75) is 26.3 Å². The second kappa shape index (κ2) is 4.72. The first kappa shape index (κ1) is 11.9. The van der Waals surface area contributed by atoms with E-state index in [4.69, 9.17) is 10.2 Å². The van der Waals surface area contributed by atoms with Gasteiger partial charge in [-0.15, -0.1) is 0 Å². The minimum atomic E-state index is -0.198. The number of rotatable bonds is 3. The third-order valence-corrected chi connectivity index (χ3v) is 2.63. The Morgan fingerprint density at radius 2 is 2.06 bits per heavy atom. The van der Waals surface area contributed by atoms with E-state index in [0.29, 0.717) is 12.0 Å². The van der Waals surface area contributed by atoms with Gasteiger partial charge in [0.2, 0.25) is 0 Å². The lowest BCUT2D eigenvalue weighted by molar-refractivity contribution is 0.503. The number of benzene rings is 1. The van der Waals surface area contributed by atoms with Crippen LogP contribution in [0.5, 0.6) is 0 Å². The molecule has 3 heteroatoms. The zero-order valence-corrected chi connectivity index (χ0v) is 10.0. The maximum absolute atomic E-state index is 13.1. The van der Waals surface area contributed by atoms with Crippen LogP contribution in [0.1, 0.15) is 18.2 Å². The Balaban J connectivity index is 2.27. The van der Waals surface area contributed by atoms with Crippen molar-refractivity contribution in [2.75, 3.05) is 0 Å². The van der Waals surface area contributed by atoms with Crippen molar-refractivity contribution in [3.8, 4) is 11.3 Å². The zero-order chi connectivity index (χ0) is 12.4. The lowest BCUT2D eigenvalue weighted by atomic mass is 10.1. The summed E-state index contributed by atoms with van der Waals surface area (Å²) < 4.78 is 18.8. The molecule has 2 aromatic rings. The van der Waals surface area contributed by atoms with Crippen LogP contribution in [0, 0.1) is 12.7 Å². The number of aryl methyl sites for hydroxylation is 1. The molecule has 2 nitrogen and oxygen atoms in total. The van der Waals surface area contributed by atoms with Gasteiger partial charge in [-0.25, -0.2) is 4.39 Å². The normalized spacial score (nSPS) is 12.7. The lowest BCUT2D eigenvalue weighted by Gasteiger charge is -2.02. The standard InChI is InChI=1S/C14H16FNO/c1-9-7-11(3-5-13(9)15)14-6-4-12(17-14)8-10(2)16/h3-7,10H,8,16H2,1-2H3. The molecule has 1 unspecified atom stereocenters. The predicted octanol–water partition coefficient (Wildman–Crippen LogP) is 3.28. The van der Waals surface area contributed by atoms with Gasteiger partial charge in [0.25, 0.3) is 0 Å². The number of nitrogens with two attached hydrogens (primary N) is 1. The Bertz CT molecular complexity index is 517. The van der Waals surface area contributed by atoms with Crippen LogP contribution in [0.3, 0.4) is 0 Å². The molecular weight excluding hydrogens is 217 g/mol. The number of hydrogen-bond donors (Lipinski definition) is 1. The Morgan fingerprint density at radius 1 is 1.29 bits per heavy atom. The zero-order valence-electron chi connectivity index (χ0n) is 10.0. The van der Waals surface area contributed by atoms with E-state index in [1.165, 1.54) is 6.07 Å². The Hall–Kier alpha value is -1.61. The third kappa shape index (κ3) is 2.74. The minimum Gasteiger partial charge on any atom is -0.461 e. The number of hydrogen-bond acceptors (Lipinski definition) is 2. The van der Waals surface area contributed by atoms with Gasteiger partial charge in [-0.1, -0.05) is 0 Å². The highest BCUT2D eigenvalue weighted by Crippen LogP contribution is 2.24. The van der Waals surface area contributed by atoms with E-state index < -0.39 is 0 Å². The van der Waals surface area contributed by atoms with Gasteiger partial charge in [0, 0.05) is 18.0 Å². The summed E-state index contributed by atoms with van der Waals surface area (Å²) in [6.45, 7) is 3.68. The number of halogens is 1. The summed E-state index contributed by atoms with van der Waals surface area (Å²) in [5, 5.41) is 0. The highest BCUT2D eigenvalue weighted by Gasteiger charge is 2.07. The van der Waals surface area contributed by atoms with Crippen LogP contribution in [-0.4, -0.2) is 6.04 Å². The van der Waals surface area contributed by atoms with E-state index in [1.54, 1.807) is 19.1 Å². The largest absolute Gasteiger partial charge is 0.461 e. The molecule has 2 rings (SSSR count). The molecule has 0 aliphatic carbocycles. The predicted molar refractivity (Wildman–Crippen MR) is 66.2 cm³/mol.